The van der Waals surface area contributed by atoms with E-state index < -0.39 is 5.41 Å². The van der Waals surface area contributed by atoms with Gasteiger partial charge in [0, 0.05) is 0 Å². The Bertz CT molecular complexity index is 217. The molecule has 0 aliphatic heterocycles. The number of nitrogens with zero attached hydrogens (tertiary/aromatic N) is 2. The average molecular weight is 162 g/mol. The van der Waals surface area contributed by atoms with Crippen molar-refractivity contribution in [2.45, 2.75) is 39.0 Å². The molecular weight excluding hydrogens is 148 g/mol. The summed E-state index contributed by atoms with van der Waals surface area (Å²) in [7, 11) is 0. The van der Waals surface area contributed by atoms with E-state index in [1.165, 1.54) is 12.8 Å². The Morgan fingerprint density at radius 1 is 1.17 bits per heavy atom. The molecule has 1 rings (SSSR count). The molecule has 2 nitrogen and oxygen atoms in total. The van der Waals surface area contributed by atoms with Crippen LogP contribution in [0, 0.1) is 34.0 Å². The Kier molecular flexibility index (Phi) is 2.71. The molecule has 0 aromatic rings. The smallest absolute Gasteiger partial charge is 0.146 e. The van der Waals surface area contributed by atoms with Crippen molar-refractivity contribution in [3.63, 3.8) is 0 Å². The van der Waals surface area contributed by atoms with Crippen molar-refractivity contribution in [3.8, 4) is 12.1 Å². The molecule has 0 spiro atoms. The van der Waals surface area contributed by atoms with Crippen LogP contribution < -0.4 is 0 Å². The zero-order valence-electron chi connectivity index (χ0n) is 7.51. The van der Waals surface area contributed by atoms with Gasteiger partial charge in [0.15, 0.2) is 0 Å². The first-order valence-corrected chi connectivity index (χ1v) is 4.58. The van der Waals surface area contributed by atoms with Crippen LogP contribution in [0.4, 0.5) is 0 Å². The minimum atomic E-state index is -0.684. The number of hydrogen-bond acceptors (Lipinski definition) is 2. The summed E-state index contributed by atoms with van der Waals surface area (Å²) in [6.45, 7) is 2.03. The first-order chi connectivity index (χ1) is 5.75. The van der Waals surface area contributed by atoms with Gasteiger partial charge in [-0.05, 0) is 18.8 Å². The minimum Gasteiger partial charge on any atom is -0.197 e. The third-order valence-electron chi connectivity index (χ3n) is 2.95. The molecular formula is C10H14N2. The second kappa shape index (κ2) is 3.59. The maximum absolute atomic E-state index is 8.96. The zero-order valence-corrected chi connectivity index (χ0v) is 7.51. The van der Waals surface area contributed by atoms with Crippen molar-refractivity contribution < 1.29 is 0 Å². The van der Waals surface area contributed by atoms with E-state index in [0.29, 0.717) is 0 Å². The molecule has 1 aliphatic rings. The van der Waals surface area contributed by atoms with E-state index in [1.807, 2.05) is 6.92 Å². The average Bonchev–Trinajstić information content (AvgIpc) is 2.28. The van der Waals surface area contributed by atoms with Gasteiger partial charge in [-0.2, -0.15) is 10.5 Å². The molecule has 1 unspecified atom stereocenters. The largest absolute Gasteiger partial charge is 0.197 e. The quantitative estimate of drug-likeness (QED) is 0.514. The van der Waals surface area contributed by atoms with Crippen LogP contribution in [0.3, 0.4) is 0 Å². The van der Waals surface area contributed by atoms with Crippen molar-refractivity contribution in [2.75, 3.05) is 0 Å². The Balaban J connectivity index is 2.84. The summed E-state index contributed by atoms with van der Waals surface area (Å²) in [6.07, 6.45) is 5.18. The van der Waals surface area contributed by atoms with Gasteiger partial charge in [0.2, 0.25) is 0 Å². The highest BCUT2D eigenvalue weighted by Gasteiger charge is 2.37. The summed E-state index contributed by atoms with van der Waals surface area (Å²) in [5, 5.41) is 17.9. The van der Waals surface area contributed by atoms with Crippen molar-refractivity contribution in [1.29, 1.82) is 10.5 Å². The summed E-state index contributed by atoms with van der Waals surface area (Å²) in [6, 6.07) is 4.39. The van der Waals surface area contributed by atoms with Gasteiger partial charge in [-0.15, -0.1) is 0 Å². The summed E-state index contributed by atoms with van der Waals surface area (Å²) in [4.78, 5) is 0. The maximum atomic E-state index is 8.96. The summed E-state index contributed by atoms with van der Waals surface area (Å²) < 4.78 is 0. The van der Waals surface area contributed by atoms with Gasteiger partial charge in [-0.1, -0.05) is 26.2 Å². The summed E-state index contributed by atoms with van der Waals surface area (Å²) >= 11 is 0. The Morgan fingerprint density at radius 2 is 1.83 bits per heavy atom. The molecule has 2 heteroatoms. The molecule has 0 saturated heterocycles. The lowest BCUT2D eigenvalue weighted by atomic mass is 9.75. The fourth-order valence-corrected chi connectivity index (χ4v) is 1.88. The fourth-order valence-electron chi connectivity index (χ4n) is 1.88. The van der Waals surface area contributed by atoms with Crippen molar-refractivity contribution >= 4 is 0 Å². The van der Waals surface area contributed by atoms with Crippen molar-refractivity contribution in [3.05, 3.63) is 0 Å². The number of rotatable bonds is 0. The van der Waals surface area contributed by atoms with Gasteiger partial charge >= 0.3 is 0 Å². The predicted molar refractivity (Wildman–Crippen MR) is 45.9 cm³/mol. The van der Waals surface area contributed by atoms with Crippen LogP contribution in [0.25, 0.3) is 0 Å². The lowest BCUT2D eigenvalue weighted by molar-refractivity contribution is 0.322. The third-order valence-corrected chi connectivity index (χ3v) is 2.95. The fraction of sp³-hybridized carbons (Fsp3) is 0.800. The van der Waals surface area contributed by atoms with Crippen LogP contribution >= 0.6 is 0 Å². The van der Waals surface area contributed by atoms with Gasteiger partial charge in [0.1, 0.15) is 5.41 Å². The van der Waals surface area contributed by atoms with E-state index in [2.05, 4.69) is 12.1 Å². The van der Waals surface area contributed by atoms with Crippen LogP contribution in [0.5, 0.6) is 0 Å². The lowest BCUT2D eigenvalue weighted by Gasteiger charge is -2.22. The molecule has 0 heterocycles. The van der Waals surface area contributed by atoms with Crippen LogP contribution in [-0.2, 0) is 0 Å². The second-order valence-electron chi connectivity index (χ2n) is 3.70. The van der Waals surface area contributed by atoms with Gasteiger partial charge < -0.3 is 0 Å². The molecule has 12 heavy (non-hydrogen) atoms. The first kappa shape index (κ1) is 9.07. The predicted octanol–water partition coefficient (Wildman–Crippen LogP) is 2.62. The van der Waals surface area contributed by atoms with Crippen LogP contribution in [0.2, 0.25) is 0 Å². The Labute approximate surface area is 73.8 Å². The molecule has 1 fully saturated rings. The molecule has 0 N–H and O–H groups in total. The van der Waals surface area contributed by atoms with E-state index in [9.17, 15) is 0 Å². The molecule has 0 aromatic carbocycles. The molecule has 0 radical (unpaired) electrons. The molecule has 1 saturated carbocycles. The molecule has 0 aromatic heterocycles. The number of nitriles is 2. The SMILES string of the molecule is CC1CCCCCC1(C#N)C#N. The Morgan fingerprint density at radius 3 is 2.42 bits per heavy atom. The van der Waals surface area contributed by atoms with E-state index in [-0.39, 0.29) is 5.92 Å². The highest BCUT2D eigenvalue weighted by molar-refractivity contribution is 5.16. The van der Waals surface area contributed by atoms with E-state index in [1.54, 1.807) is 0 Å². The van der Waals surface area contributed by atoms with E-state index >= 15 is 0 Å². The Hall–Kier alpha value is -1.02. The minimum absolute atomic E-state index is 0.245. The summed E-state index contributed by atoms with van der Waals surface area (Å²) in [5.74, 6) is 0.245. The molecule has 0 bridgehead atoms. The molecule has 1 atom stereocenters. The topological polar surface area (TPSA) is 47.6 Å². The van der Waals surface area contributed by atoms with Gasteiger partial charge in [-0.3, -0.25) is 0 Å². The maximum Gasteiger partial charge on any atom is 0.146 e. The van der Waals surface area contributed by atoms with Gasteiger partial charge in [0.05, 0.1) is 12.1 Å². The monoisotopic (exact) mass is 162 g/mol. The van der Waals surface area contributed by atoms with Crippen molar-refractivity contribution in [2.24, 2.45) is 11.3 Å². The zero-order chi connectivity index (χ0) is 9.03. The lowest BCUT2D eigenvalue weighted by Crippen LogP contribution is -2.23. The normalized spacial score (nSPS) is 28.1. The van der Waals surface area contributed by atoms with E-state index in [4.69, 9.17) is 10.5 Å². The molecule has 64 valence electrons. The van der Waals surface area contributed by atoms with Gasteiger partial charge in [-0.25, -0.2) is 0 Å². The standard InChI is InChI=1S/C10H14N2/c1-9-5-3-2-4-6-10(9,7-11)8-12/h9H,2-6H2,1H3. The highest BCUT2D eigenvalue weighted by Crippen LogP contribution is 2.38. The third kappa shape index (κ3) is 1.43. The molecule has 1 aliphatic carbocycles. The molecule has 0 amide bonds. The first-order valence-electron chi connectivity index (χ1n) is 4.58. The number of hydrogen-bond donors (Lipinski definition) is 0. The van der Waals surface area contributed by atoms with Crippen molar-refractivity contribution in [1.82, 2.24) is 0 Å². The summed E-state index contributed by atoms with van der Waals surface area (Å²) in [5.41, 5.74) is -0.684. The van der Waals surface area contributed by atoms with Crippen LogP contribution in [0.1, 0.15) is 39.0 Å². The van der Waals surface area contributed by atoms with Gasteiger partial charge in [0.25, 0.3) is 0 Å². The van der Waals surface area contributed by atoms with Crippen LogP contribution in [-0.4, -0.2) is 0 Å². The van der Waals surface area contributed by atoms with Crippen LogP contribution in [0.15, 0.2) is 0 Å². The second-order valence-corrected chi connectivity index (χ2v) is 3.70. The highest BCUT2D eigenvalue weighted by atomic mass is 14.4. The van der Waals surface area contributed by atoms with E-state index in [0.717, 1.165) is 19.3 Å².